The van der Waals surface area contributed by atoms with Crippen molar-refractivity contribution in [3.05, 3.63) is 77.0 Å². The van der Waals surface area contributed by atoms with Gasteiger partial charge in [0.15, 0.2) is 5.65 Å². The summed E-state index contributed by atoms with van der Waals surface area (Å²) in [6.45, 7) is 1.09. The minimum absolute atomic E-state index is 0.105. The fourth-order valence-electron chi connectivity index (χ4n) is 5.09. The number of aromatic nitrogens is 4. The zero-order valence-corrected chi connectivity index (χ0v) is 22.1. The first-order chi connectivity index (χ1) is 19.3. The van der Waals surface area contributed by atoms with Gasteiger partial charge in [-0.2, -0.15) is 5.10 Å². The van der Waals surface area contributed by atoms with E-state index in [0.29, 0.717) is 59.7 Å². The predicted molar refractivity (Wildman–Crippen MR) is 148 cm³/mol. The van der Waals surface area contributed by atoms with Crippen LogP contribution in [0.2, 0.25) is 0 Å². The Bertz CT molecular complexity index is 1610. The Morgan fingerprint density at radius 2 is 1.77 bits per heavy atom. The fraction of sp³-hybridized carbons (Fsp3) is 0.345. The van der Waals surface area contributed by atoms with Crippen LogP contribution in [-0.2, 0) is 11.3 Å². The molecule has 0 unspecified atom stereocenters. The quantitative estimate of drug-likeness (QED) is 0.367. The van der Waals surface area contributed by atoms with Crippen LogP contribution < -0.4 is 15.6 Å². The first-order valence-corrected chi connectivity index (χ1v) is 13.3. The van der Waals surface area contributed by atoms with Gasteiger partial charge >= 0.3 is 0 Å². The van der Waals surface area contributed by atoms with Crippen molar-refractivity contribution in [2.24, 2.45) is 5.92 Å². The van der Waals surface area contributed by atoms with E-state index in [2.05, 4.69) is 15.4 Å². The molecule has 2 aromatic heterocycles. The highest BCUT2D eigenvalue weighted by molar-refractivity contribution is 6.04. The van der Waals surface area contributed by atoms with Gasteiger partial charge in [-0.1, -0.05) is 0 Å². The summed E-state index contributed by atoms with van der Waals surface area (Å²) in [5.74, 6) is 0.767. The second kappa shape index (κ2) is 10.2. The Morgan fingerprint density at radius 3 is 2.42 bits per heavy atom. The highest BCUT2D eigenvalue weighted by Gasteiger charge is 2.39. The maximum absolute atomic E-state index is 13.2. The molecule has 1 aliphatic carbocycles. The van der Waals surface area contributed by atoms with Crippen LogP contribution in [0.5, 0.6) is 5.75 Å². The van der Waals surface area contributed by atoms with Crippen LogP contribution in [0.1, 0.15) is 36.0 Å². The molecule has 11 nitrogen and oxygen atoms in total. The third kappa shape index (κ3) is 5.07. The van der Waals surface area contributed by atoms with Crippen molar-refractivity contribution >= 4 is 28.5 Å². The van der Waals surface area contributed by atoms with E-state index >= 15 is 0 Å². The summed E-state index contributed by atoms with van der Waals surface area (Å²) in [6.07, 6.45) is 5.65. The number of likely N-dealkylation sites (tertiary alicyclic amines) is 1. The number of fused-ring (bicyclic) bond motifs is 1. The zero-order chi connectivity index (χ0) is 27.9. The first kappa shape index (κ1) is 25.8. The number of piperidine rings is 1. The predicted octanol–water partition coefficient (Wildman–Crippen LogP) is 2.61. The Morgan fingerprint density at radius 1 is 1.07 bits per heavy atom. The maximum Gasteiger partial charge on any atom is 0.264 e. The van der Waals surface area contributed by atoms with Crippen LogP contribution in [-0.4, -0.2) is 67.0 Å². The molecule has 3 heterocycles. The van der Waals surface area contributed by atoms with Crippen LogP contribution in [0.15, 0.2) is 65.8 Å². The lowest BCUT2D eigenvalue weighted by molar-refractivity contribution is -0.137. The lowest BCUT2D eigenvalue weighted by Gasteiger charge is -2.38. The van der Waals surface area contributed by atoms with Gasteiger partial charge in [0.05, 0.1) is 31.1 Å². The fourth-order valence-corrected chi connectivity index (χ4v) is 5.09. The number of aliphatic hydroxyl groups is 1. The van der Waals surface area contributed by atoms with Gasteiger partial charge in [-0.25, -0.2) is 9.67 Å². The van der Waals surface area contributed by atoms with Gasteiger partial charge in [-0.05, 0) is 74.2 Å². The van der Waals surface area contributed by atoms with E-state index in [-0.39, 0.29) is 29.8 Å². The molecule has 4 aromatic rings. The Kier molecular flexibility index (Phi) is 6.59. The summed E-state index contributed by atoms with van der Waals surface area (Å²) in [5, 5.41) is 18.7. The molecule has 2 aliphatic rings. The van der Waals surface area contributed by atoms with Gasteiger partial charge in [0, 0.05) is 30.3 Å². The van der Waals surface area contributed by atoms with Crippen molar-refractivity contribution in [1.82, 2.24) is 24.2 Å². The number of carbonyl (C=O) groups is 2. The van der Waals surface area contributed by atoms with Gasteiger partial charge < -0.3 is 20.1 Å². The van der Waals surface area contributed by atoms with Gasteiger partial charge in [0.25, 0.3) is 11.5 Å². The number of anilines is 1. The second-order valence-corrected chi connectivity index (χ2v) is 10.5. The summed E-state index contributed by atoms with van der Waals surface area (Å²) in [4.78, 5) is 44.5. The molecule has 0 spiro atoms. The minimum atomic E-state index is -1.08. The first-order valence-electron chi connectivity index (χ1n) is 13.3. The Balaban J connectivity index is 1.14. The summed E-state index contributed by atoms with van der Waals surface area (Å²) in [7, 11) is 1.57. The third-order valence-corrected chi connectivity index (χ3v) is 7.67. The van der Waals surface area contributed by atoms with E-state index in [1.54, 1.807) is 60.3 Å². The van der Waals surface area contributed by atoms with E-state index in [4.69, 9.17) is 4.74 Å². The highest BCUT2D eigenvalue weighted by Crippen LogP contribution is 2.33. The number of amides is 2. The summed E-state index contributed by atoms with van der Waals surface area (Å²) < 4.78 is 8.11. The smallest absolute Gasteiger partial charge is 0.264 e. The number of rotatable bonds is 7. The molecule has 11 heteroatoms. The number of benzene rings is 2. The topological polar surface area (TPSA) is 132 Å². The maximum atomic E-state index is 13.2. The molecular formula is C29H30N6O5. The standard InChI is InChI=1S/C29H30N6O5/c1-40-23-10-4-19(5-11-23)26(36)32-21-6-8-22(9-7-21)35-25-24(16-31-35)28(38)34(18-30-25)17-29(39)12-14-33(15-13-29)27(37)20-2-3-20/h4-11,16,18,20,39H,2-3,12-15,17H2,1H3,(H,32,36). The van der Waals surface area contributed by atoms with Crippen LogP contribution in [0.4, 0.5) is 5.69 Å². The molecule has 2 amide bonds. The molecule has 206 valence electrons. The average Bonchev–Trinajstić information content (AvgIpc) is 3.74. The summed E-state index contributed by atoms with van der Waals surface area (Å²) in [5.41, 5.74) is 0.813. The summed E-state index contributed by atoms with van der Waals surface area (Å²) in [6, 6.07) is 13.9. The Hall–Kier alpha value is -4.51. The average molecular weight is 543 g/mol. The van der Waals surface area contributed by atoms with Gasteiger partial charge in [-0.15, -0.1) is 0 Å². The molecule has 1 saturated carbocycles. The molecule has 2 fully saturated rings. The molecule has 40 heavy (non-hydrogen) atoms. The molecule has 0 bridgehead atoms. The lowest BCUT2D eigenvalue weighted by atomic mass is 9.91. The van der Waals surface area contributed by atoms with Gasteiger partial charge in [0.2, 0.25) is 5.91 Å². The molecule has 0 atom stereocenters. The number of hydrogen-bond acceptors (Lipinski definition) is 7. The van der Waals surface area contributed by atoms with E-state index in [1.165, 1.54) is 17.1 Å². The van der Waals surface area contributed by atoms with Crippen molar-refractivity contribution in [2.45, 2.75) is 37.8 Å². The molecule has 1 aliphatic heterocycles. The number of methoxy groups -OCH3 is 1. The molecular weight excluding hydrogens is 512 g/mol. The molecule has 2 aromatic carbocycles. The number of ether oxygens (including phenoxy) is 1. The molecule has 6 rings (SSSR count). The SMILES string of the molecule is COc1ccc(C(=O)Nc2ccc(-n3ncc4c(=O)n(CC5(O)CCN(C(=O)C6CC6)CC5)cnc43)cc2)cc1. The zero-order valence-electron chi connectivity index (χ0n) is 22.1. The van der Waals surface area contributed by atoms with E-state index in [1.807, 2.05) is 4.90 Å². The number of carbonyl (C=O) groups excluding carboxylic acids is 2. The normalized spacial score (nSPS) is 16.6. The van der Waals surface area contributed by atoms with E-state index in [0.717, 1.165) is 12.8 Å². The number of nitrogens with zero attached hydrogens (tertiary/aromatic N) is 5. The van der Waals surface area contributed by atoms with Crippen molar-refractivity contribution < 1.29 is 19.4 Å². The molecule has 0 radical (unpaired) electrons. The number of hydrogen-bond donors (Lipinski definition) is 2. The van der Waals surface area contributed by atoms with Crippen LogP contribution in [0.3, 0.4) is 0 Å². The van der Waals surface area contributed by atoms with E-state index in [9.17, 15) is 19.5 Å². The van der Waals surface area contributed by atoms with Gasteiger partial charge in [-0.3, -0.25) is 19.0 Å². The van der Waals surface area contributed by atoms with Crippen molar-refractivity contribution in [2.75, 3.05) is 25.5 Å². The van der Waals surface area contributed by atoms with E-state index < -0.39 is 5.60 Å². The monoisotopic (exact) mass is 542 g/mol. The third-order valence-electron chi connectivity index (χ3n) is 7.67. The van der Waals surface area contributed by atoms with Crippen molar-refractivity contribution in [3.8, 4) is 11.4 Å². The number of nitrogens with one attached hydrogen (secondary N) is 1. The minimum Gasteiger partial charge on any atom is -0.497 e. The Labute approximate surface area is 230 Å². The van der Waals surface area contributed by atoms with Crippen LogP contribution in [0.25, 0.3) is 16.7 Å². The largest absolute Gasteiger partial charge is 0.497 e. The van der Waals surface area contributed by atoms with Crippen LogP contribution in [0, 0.1) is 5.92 Å². The molecule has 1 saturated heterocycles. The van der Waals surface area contributed by atoms with Crippen molar-refractivity contribution in [3.63, 3.8) is 0 Å². The second-order valence-electron chi connectivity index (χ2n) is 10.5. The lowest BCUT2D eigenvalue weighted by Crippen LogP contribution is -2.50. The van der Waals surface area contributed by atoms with Gasteiger partial charge in [0.1, 0.15) is 17.5 Å². The van der Waals surface area contributed by atoms with Crippen molar-refractivity contribution in [1.29, 1.82) is 0 Å². The highest BCUT2D eigenvalue weighted by atomic mass is 16.5. The molecule has 2 N–H and O–H groups in total. The van der Waals surface area contributed by atoms with Crippen LogP contribution >= 0.6 is 0 Å². The summed E-state index contributed by atoms with van der Waals surface area (Å²) >= 11 is 0.